The topological polar surface area (TPSA) is 41.1 Å². The summed E-state index contributed by atoms with van der Waals surface area (Å²) in [7, 11) is 0. The molecule has 0 spiro atoms. The van der Waals surface area contributed by atoms with Crippen LogP contribution in [0.15, 0.2) is 48.5 Å². The van der Waals surface area contributed by atoms with Crippen molar-refractivity contribution in [2.75, 3.05) is 13.2 Å². The molecule has 2 aromatic carbocycles. The molecule has 0 heterocycles. The van der Waals surface area contributed by atoms with Crippen molar-refractivity contribution in [2.24, 2.45) is 0 Å². The lowest BCUT2D eigenvalue weighted by molar-refractivity contribution is 0.235. The first-order valence-electron chi connectivity index (χ1n) is 7.50. The Kier molecular flexibility index (Phi) is 6.09. The van der Waals surface area contributed by atoms with Gasteiger partial charge in [0.2, 0.25) is 0 Å². The van der Waals surface area contributed by atoms with Crippen LogP contribution >= 0.6 is 0 Å². The molecule has 0 aliphatic rings. The largest absolute Gasteiger partial charge is 0.336 e. The summed E-state index contributed by atoms with van der Waals surface area (Å²) in [6.07, 6.45) is 0.319. The van der Waals surface area contributed by atoms with Gasteiger partial charge in [0.05, 0.1) is 6.04 Å². The maximum Gasteiger partial charge on any atom is 0.315 e. The summed E-state index contributed by atoms with van der Waals surface area (Å²) in [5.41, 5.74) is 2.44. The van der Waals surface area contributed by atoms with E-state index in [1.807, 2.05) is 31.2 Å². The lowest BCUT2D eigenvalue weighted by atomic mass is 9.97. The van der Waals surface area contributed by atoms with Crippen molar-refractivity contribution in [1.82, 2.24) is 10.6 Å². The Morgan fingerprint density at radius 3 is 2.65 bits per heavy atom. The Morgan fingerprint density at radius 1 is 1.17 bits per heavy atom. The SMILES string of the molecule is Cc1cccc(C(Cc2ccccc2F)NC(=O)NCCF)c1. The summed E-state index contributed by atoms with van der Waals surface area (Å²) in [5.74, 6) is -0.309. The number of hydrogen-bond acceptors (Lipinski definition) is 1. The minimum absolute atomic E-state index is 0.0495. The molecule has 0 fully saturated rings. The summed E-state index contributed by atoms with van der Waals surface area (Å²) in [6.45, 7) is 1.27. The van der Waals surface area contributed by atoms with Crippen LogP contribution in [-0.4, -0.2) is 19.3 Å². The molecule has 0 radical (unpaired) electrons. The third-order valence-electron chi connectivity index (χ3n) is 3.51. The van der Waals surface area contributed by atoms with E-state index in [0.29, 0.717) is 12.0 Å². The van der Waals surface area contributed by atoms with E-state index in [1.54, 1.807) is 18.2 Å². The highest BCUT2D eigenvalue weighted by atomic mass is 19.1. The Hall–Kier alpha value is -2.43. The van der Waals surface area contributed by atoms with Gasteiger partial charge in [-0.3, -0.25) is 0 Å². The fourth-order valence-electron chi connectivity index (χ4n) is 2.39. The van der Waals surface area contributed by atoms with Crippen molar-refractivity contribution >= 4 is 6.03 Å². The number of carbonyl (C=O) groups is 1. The molecule has 0 saturated heterocycles. The molecular formula is C18H20F2N2O. The van der Waals surface area contributed by atoms with Gasteiger partial charge in [0, 0.05) is 6.54 Å². The second-order valence-corrected chi connectivity index (χ2v) is 5.35. The summed E-state index contributed by atoms with van der Waals surface area (Å²) in [6, 6.07) is 13.3. The van der Waals surface area contributed by atoms with Gasteiger partial charge in [0.25, 0.3) is 0 Å². The number of urea groups is 1. The Bertz CT molecular complexity index is 661. The van der Waals surface area contributed by atoms with Crippen molar-refractivity contribution in [3.63, 3.8) is 0 Å². The first kappa shape index (κ1) is 16.9. The molecule has 5 heteroatoms. The number of hydrogen-bond donors (Lipinski definition) is 2. The molecule has 0 aliphatic carbocycles. The van der Waals surface area contributed by atoms with Gasteiger partial charge >= 0.3 is 6.03 Å². The van der Waals surface area contributed by atoms with Gasteiger partial charge < -0.3 is 10.6 Å². The third kappa shape index (κ3) is 5.06. The van der Waals surface area contributed by atoms with Crippen molar-refractivity contribution in [1.29, 1.82) is 0 Å². The second-order valence-electron chi connectivity index (χ2n) is 5.35. The quantitative estimate of drug-likeness (QED) is 0.838. The van der Waals surface area contributed by atoms with Gasteiger partial charge in [-0.2, -0.15) is 0 Å². The van der Waals surface area contributed by atoms with Crippen LogP contribution in [0.1, 0.15) is 22.7 Å². The minimum atomic E-state index is -0.629. The highest BCUT2D eigenvalue weighted by Crippen LogP contribution is 2.21. The molecule has 23 heavy (non-hydrogen) atoms. The Labute approximate surface area is 134 Å². The van der Waals surface area contributed by atoms with Gasteiger partial charge in [-0.1, -0.05) is 48.0 Å². The zero-order chi connectivity index (χ0) is 16.7. The molecular weight excluding hydrogens is 298 g/mol. The second kappa shape index (κ2) is 8.27. The predicted octanol–water partition coefficient (Wildman–Crippen LogP) is 3.69. The minimum Gasteiger partial charge on any atom is -0.336 e. The van der Waals surface area contributed by atoms with Crippen LogP contribution in [-0.2, 0) is 6.42 Å². The standard InChI is InChI=1S/C18H20F2N2O/c1-13-5-4-7-15(11-13)17(22-18(23)21-10-9-19)12-14-6-2-3-8-16(14)20/h2-8,11,17H,9-10,12H2,1H3,(H2,21,22,23). The molecule has 2 aromatic rings. The first-order valence-corrected chi connectivity index (χ1v) is 7.50. The van der Waals surface area contributed by atoms with Crippen molar-refractivity contribution in [3.8, 4) is 0 Å². The van der Waals surface area contributed by atoms with E-state index in [1.165, 1.54) is 6.07 Å². The van der Waals surface area contributed by atoms with Gasteiger partial charge in [0.1, 0.15) is 12.5 Å². The van der Waals surface area contributed by atoms with Crippen LogP contribution in [0.4, 0.5) is 13.6 Å². The lowest BCUT2D eigenvalue weighted by Gasteiger charge is -2.20. The van der Waals surface area contributed by atoms with E-state index in [0.717, 1.165) is 11.1 Å². The summed E-state index contributed by atoms with van der Waals surface area (Å²) in [5, 5.41) is 5.22. The zero-order valence-electron chi connectivity index (χ0n) is 13.0. The fourth-order valence-corrected chi connectivity index (χ4v) is 2.39. The molecule has 2 amide bonds. The third-order valence-corrected chi connectivity index (χ3v) is 3.51. The Morgan fingerprint density at radius 2 is 1.96 bits per heavy atom. The molecule has 2 rings (SSSR count). The van der Waals surface area contributed by atoms with Crippen molar-refractivity contribution in [3.05, 3.63) is 71.0 Å². The number of aryl methyl sites for hydroxylation is 1. The van der Waals surface area contributed by atoms with Crippen LogP contribution in [0.5, 0.6) is 0 Å². The van der Waals surface area contributed by atoms with E-state index in [2.05, 4.69) is 10.6 Å². The maximum atomic E-state index is 13.9. The Balaban J connectivity index is 2.20. The molecule has 0 aromatic heterocycles. The number of carbonyl (C=O) groups excluding carboxylic acids is 1. The highest BCUT2D eigenvalue weighted by Gasteiger charge is 2.17. The average Bonchev–Trinajstić information content (AvgIpc) is 2.54. The van der Waals surface area contributed by atoms with E-state index in [4.69, 9.17) is 0 Å². The van der Waals surface area contributed by atoms with Crippen molar-refractivity contribution < 1.29 is 13.6 Å². The van der Waals surface area contributed by atoms with Gasteiger partial charge in [-0.05, 0) is 30.5 Å². The first-order chi connectivity index (χ1) is 11.1. The van der Waals surface area contributed by atoms with Crippen LogP contribution in [0.3, 0.4) is 0 Å². The molecule has 1 atom stereocenters. The monoisotopic (exact) mass is 318 g/mol. The van der Waals surface area contributed by atoms with Crippen LogP contribution < -0.4 is 10.6 Å². The summed E-state index contributed by atoms with van der Waals surface area (Å²) < 4.78 is 26.1. The van der Waals surface area contributed by atoms with Crippen LogP contribution in [0.2, 0.25) is 0 Å². The smallest absolute Gasteiger partial charge is 0.315 e. The molecule has 122 valence electrons. The zero-order valence-corrected chi connectivity index (χ0v) is 13.0. The summed E-state index contributed by atoms with van der Waals surface area (Å²) >= 11 is 0. The fraction of sp³-hybridized carbons (Fsp3) is 0.278. The number of benzene rings is 2. The van der Waals surface area contributed by atoms with E-state index < -0.39 is 18.7 Å². The molecule has 0 saturated carbocycles. The number of rotatable bonds is 6. The molecule has 0 bridgehead atoms. The van der Waals surface area contributed by atoms with E-state index in [-0.39, 0.29) is 12.4 Å². The van der Waals surface area contributed by atoms with Gasteiger partial charge in [0.15, 0.2) is 0 Å². The lowest BCUT2D eigenvalue weighted by Crippen LogP contribution is -2.39. The van der Waals surface area contributed by atoms with Crippen LogP contribution in [0.25, 0.3) is 0 Å². The van der Waals surface area contributed by atoms with Gasteiger partial charge in [-0.15, -0.1) is 0 Å². The normalized spacial score (nSPS) is 11.8. The van der Waals surface area contributed by atoms with Crippen LogP contribution in [0, 0.1) is 12.7 Å². The predicted molar refractivity (Wildman–Crippen MR) is 86.5 cm³/mol. The maximum absolute atomic E-state index is 13.9. The van der Waals surface area contributed by atoms with E-state index >= 15 is 0 Å². The van der Waals surface area contributed by atoms with Gasteiger partial charge in [-0.25, -0.2) is 13.6 Å². The molecule has 3 nitrogen and oxygen atoms in total. The van der Waals surface area contributed by atoms with Crippen molar-refractivity contribution in [2.45, 2.75) is 19.4 Å². The molecule has 1 unspecified atom stereocenters. The average molecular weight is 318 g/mol. The number of amides is 2. The number of alkyl halides is 1. The number of halogens is 2. The molecule has 2 N–H and O–H groups in total. The number of nitrogens with one attached hydrogen (secondary N) is 2. The summed E-state index contributed by atoms with van der Waals surface area (Å²) in [4.78, 5) is 11.9. The van der Waals surface area contributed by atoms with E-state index in [9.17, 15) is 13.6 Å². The molecule has 0 aliphatic heterocycles. The highest BCUT2D eigenvalue weighted by molar-refractivity contribution is 5.74.